The van der Waals surface area contributed by atoms with Crippen molar-refractivity contribution in [1.29, 1.82) is 0 Å². The van der Waals surface area contributed by atoms with Crippen molar-refractivity contribution in [3.05, 3.63) is 10.4 Å². The highest BCUT2D eigenvalue weighted by Gasteiger charge is 1.87. The zero-order valence-electron chi connectivity index (χ0n) is 4.02. The molecule has 0 aliphatic rings. The Morgan fingerprint density at radius 2 is 2.50 bits per heavy atom. The second-order valence-corrected chi connectivity index (χ2v) is 2.03. The highest BCUT2D eigenvalue weighted by Crippen LogP contribution is 1.75. The highest BCUT2D eigenvalue weighted by molar-refractivity contribution is 7.79. The molecule has 0 bridgehead atoms. The summed E-state index contributed by atoms with van der Waals surface area (Å²) < 4.78 is 17.9. The fourth-order valence-electron chi connectivity index (χ4n) is 0.164. The summed E-state index contributed by atoms with van der Waals surface area (Å²) in [5, 5.41) is 3.04. The van der Waals surface area contributed by atoms with Crippen molar-refractivity contribution in [3.8, 4) is 0 Å². The maximum Gasteiger partial charge on any atom is 0.152 e. The van der Waals surface area contributed by atoms with Crippen LogP contribution in [0.25, 0.3) is 10.4 Å². The number of hydrogen-bond donors (Lipinski definition) is 1. The van der Waals surface area contributed by atoms with Crippen LogP contribution < -0.4 is 0 Å². The van der Waals surface area contributed by atoms with E-state index in [1.54, 1.807) is 0 Å². The fourth-order valence-corrected chi connectivity index (χ4v) is 0.401. The third kappa shape index (κ3) is 5.42. The first-order chi connectivity index (χ1) is 3.77. The third-order valence-corrected chi connectivity index (χ3v) is 0.961. The molecule has 46 valence electrons. The molecule has 5 nitrogen and oxygen atoms in total. The maximum absolute atomic E-state index is 9.80. The lowest BCUT2D eigenvalue weighted by molar-refractivity contribution is 0.564. The minimum atomic E-state index is -1.83. The molecule has 1 atom stereocenters. The normalized spacial score (nSPS) is 12.1. The largest absolute Gasteiger partial charge is 0.306 e. The molecule has 0 aromatic rings. The van der Waals surface area contributed by atoms with Gasteiger partial charge in [-0.15, -0.1) is 0 Å². The van der Waals surface area contributed by atoms with E-state index in [0.29, 0.717) is 0 Å². The van der Waals surface area contributed by atoms with E-state index in [1.165, 1.54) is 0 Å². The van der Waals surface area contributed by atoms with Gasteiger partial charge in [-0.3, -0.25) is 0 Å². The van der Waals surface area contributed by atoms with Crippen molar-refractivity contribution < 1.29 is 8.76 Å². The Balaban J connectivity index is 3.18. The molecule has 6 heteroatoms. The number of azide groups is 1. The smallest absolute Gasteiger partial charge is 0.152 e. The Labute approximate surface area is 48.6 Å². The first-order valence-electron chi connectivity index (χ1n) is 1.85. The van der Waals surface area contributed by atoms with Crippen LogP contribution in [0.4, 0.5) is 0 Å². The first kappa shape index (κ1) is 7.42. The molecular weight excluding hydrogens is 130 g/mol. The van der Waals surface area contributed by atoms with Crippen LogP contribution in [-0.2, 0) is 11.1 Å². The molecule has 0 aromatic carbocycles. The average molecular weight is 135 g/mol. The lowest BCUT2D eigenvalue weighted by Gasteiger charge is -1.82. The van der Waals surface area contributed by atoms with Gasteiger partial charge >= 0.3 is 0 Å². The highest BCUT2D eigenvalue weighted by atomic mass is 32.2. The lowest BCUT2D eigenvalue weighted by atomic mass is 10.8. The summed E-state index contributed by atoms with van der Waals surface area (Å²) in [6.07, 6.45) is 0. The topological polar surface area (TPSA) is 86.1 Å². The number of rotatable bonds is 3. The molecule has 0 aliphatic carbocycles. The number of nitrogens with zero attached hydrogens (tertiary/aromatic N) is 3. The molecule has 0 amide bonds. The van der Waals surface area contributed by atoms with Crippen molar-refractivity contribution in [3.63, 3.8) is 0 Å². The van der Waals surface area contributed by atoms with Crippen LogP contribution in [0.1, 0.15) is 0 Å². The predicted molar refractivity (Wildman–Crippen MR) is 29.7 cm³/mol. The van der Waals surface area contributed by atoms with E-state index in [4.69, 9.17) is 10.1 Å². The molecule has 0 fully saturated rings. The Morgan fingerprint density at radius 1 is 1.88 bits per heavy atom. The standard InChI is InChI=1S/C2H5N3O2S/c3-5-4-1-2-8(6)7/h1-2H2,(H,6,7). The van der Waals surface area contributed by atoms with Gasteiger partial charge in [-0.1, -0.05) is 5.11 Å². The molecular formula is C2H5N3O2S. The second-order valence-electron chi connectivity index (χ2n) is 0.980. The van der Waals surface area contributed by atoms with Gasteiger partial charge < -0.3 is 4.55 Å². The fraction of sp³-hybridized carbons (Fsp3) is 1.00. The van der Waals surface area contributed by atoms with Gasteiger partial charge in [0.25, 0.3) is 0 Å². The van der Waals surface area contributed by atoms with Crippen molar-refractivity contribution in [2.75, 3.05) is 12.3 Å². The van der Waals surface area contributed by atoms with Crippen LogP contribution in [0, 0.1) is 0 Å². The van der Waals surface area contributed by atoms with Gasteiger partial charge in [-0.05, 0) is 5.53 Å². The molecule has 0 spiro atoms. The summed E-state index contributed by atoms with van der Waals surface area (Å²) in [5.41, 5.74) is 7.66. The SMILES string of the molecule is [N-]=[N+]=NCCS(=O)O. The summed E-state index contributed by atoms with van der Waals surface area (Å²) in [6, 6.07) is 0. The molecule has 0 saturated heterocycles. The van der Waals surface area contributed by atoms with Crippen LogP contribution in [0.15, 0.2) is 5.11 Å². The van der Waals surface area contributed by atoms with Crippen LogP contribution in [0.3, 0.4) is 0 Å². The first-order valence-corrected chi connectivity index (χ1v) is 3.13. The van der Waals surface area contributed by atoms with E-state index in [0.717, 1.165) is 0 Å². The third-order valence-electron chi connectivity index (χ3n) is 0.429. The van der Waals surface area contributed by atoms with Crippen LogP contribution >= 0.6 is 0 Å². The van der Waals surface area contributed by atoms with Crippen molar-refractivity contribution in [1.82, 2.24) is 0 Å². The quantitative estimate of drug-likeness (QED) is 0.264. The van der Waals surface area contributed by atoms with Gasteiger partial charge in [0.1, 0.15) is 0 Å². The molecule has 0 saturated carbocycles. The van der Waals surface area contributed by atoms with Crippen molar-refractivity contribution in [2.24, 2.45) is 5.11 Å². The molecule has 0 rings (SSSR count). The summed E-state index contributed by atoms with van der Waals surface area (Å²) in [6.45, 7) is 0.0829. The van der Waals surface area contributed by atoms with Gasteiger partial charge in [0.2, 0.25) is 0 Å². The Morgan fingerprint density at radius 3 is 2.88 bits per heavy atom. The van der Waals surface area contributed by atoms with E-state index in [-0.39, 0.29) is 12.3 Å². The summed E-state index contributed by atoms with van der Waals surface area (Å²) in [5.74, 6) is 0.0179. The molecule has 0 aromatic heterocycles. The van der Waals surface area contributed by atoms with E-state index in [1.807, 2.05) is 0 Å². The van der Waals surface area contributed by atoms with Crippen LogP contribution in [0.2, 0.25) is 0 Å². The molecule has 0 heterocycles. The Hall–Kier alpha value is -0.580. The van der Waals surface area contributed by atoms with Crippen LogP contribution in [0.5, 0.6) is 0 Å². The minimum absolute atomic E-state index is 0.0179. The summed E-state index contributed by atoms with van der Waals surface area (Å²) in [7, 11) is 0. The minimum Gasteiger partial charge on any atom is -0.306 e. The van der Waals surface area contributed by atoms with Crippen molar-refractivity contribution in [2.45, 2.75) is 0 Å². The lowest BCUT2D eigenvalue weighted by Crippen LogP contribution is -1.96. The van der Waals surface area contributed by atoms with E-state index >= 15 is 0 Å². The van der Waals surface area contributed by atoms with Gasteiger partial charge in [-0.2, -0.15) is 0 Å². The zero-order valence-corrected chi connectivity index (χ0v) is 4.84. The van der Waals surface area contributed by atoms with Crippen LogP contribution in [-0.4, -0.2) is 21.1 Å². The molecule has 1 N–H and O–H groups in total. The Bertz CT molecular complexity index is 127. The summed E-state index contributed by atoms with van der Waals surface area (Å²) in [4.78, 5) is 2.39. The van der Waals surface area contributed by atoms with Crippen molar-refractivity contribution >= 4 is 11.1 Å². The van der Waals surface area contributed by atoms with Gasteiger partial charge in [0.15, 0.2) is 11.1 Å². The van der Waals surface area contributed by atoms with E-state index in [2.05, 4.69) is 10.0 Å². The monoisotopic (exact) mass is 135 g/mol. The predicted octanol–water partition coefficient (Wildman–Crippen LogP) is 0.518. The average Bonchev–Trinajstić information content (AvgIpc) is 1.66. The molecule has 0 radical (unpaired) electrons. The van der Waals surface area contributed by atoms with Gasteiger partial charge in [0, 0.05) is 11.5 Å². The Kier molecular flexibility index (Phi) is 4.24. The van der Waals surface area contributed by atoms with Gasteiger partial charge in [-0.25, -0.2) is 4.21 Å². The number of hydrogen-bond acceptors (Lipinski definition) is 2. The van der Waals surface area contributed by atoms with E-state index < -0.39 is 11.1 Å². The molecule has 8 heavy (non-hydrogen) atoms. The van der Waals surface area contributed by atoms with Gasteiger partial charge in [0.05, 0.1) is 5.75 Å². The molecule has 1 unspecified atom stereocenters. The van der Waals surface area contributed by atoms with E-state index in [9.17, 15) is 4.21 Å². The maximum atomic E-state index is 9.80. The second kappa shape index (κ2) is 4.58. The zero-order chi connectivity index (χ0) is 6.41. The summed E-state index contributed by atoms with van der Waals surface area (Å²) >= 11 is -1.83. The molecule has 0 aliphatic heterocycles.